The highest BCUT2D eigenvalue weighted by atomic mass is 35.5. The largest absolute Gasteiger partial charge is 0.444 e. The molecule has 1 aromatic carbocycles. The summed E-state index contributed by atoms with van der Waals surface area (Å²) < 4.78 is 5.48. The van der Waals surface area contributed by atoms with E-state index in [0.29, 0.717) is 28.6 Å². The van der Waals surface area contributed by atoms with E-state index >= 15 is 0 Å². The highest BCUT2D eigenvalue weighted by Gasteiger charge is 2.33. The number of hydrogen-bond acceptors (Lipinski definition) is 4. The molecule has 0 aliphatic carbocycles. The predicted octanol–water partition coefficient (Wildman–Crippen LogP) is 4.97. The molecule has 28 heavy (non-hydrogen) atoms. The summed E-state index contributed by atoms with van der Waals surface area (Å²) in [7, 11) is 0. The molecule has 2 N–H and O–H groups in total. The Bertz CT molecular complexity index is 675. The van der Waals surface area contributed by atoms with E-state index in [1.807, 2.05) is 13.8 Å². The first-order chi connectivity index (χ1) is 12.9. The van der Waals surface area contributed by atoms with Gasteiger partial charge in [-0.2, -0.15) is 0 Å². The number of carbonyl (C=O) groups excluding carboxylic acids is 2. The van der Waals surface area contributed by atoms with Gasteiger partial charge in [0.15, 0.2) is 0 Å². The van der Waals surface area contributed by atoms with Crippen molar-refractivity contribution < 1.29 is 19.4 Å². The van der Waals surface area contributed by atoms with Crippen LogP contribution in [0.15, 0.2) is 18.2 Å². The molecule has 0 fully saturated rings. The Kier molecular flexibility index (Phi) is 9.54. The Balaban J connectivity index is 3.11. The van der Waals surface area contributed by atoms with Gasteiger partial charge < -0.3 is 15.2 Å². The molecule has 6 nitrogen and oxygen atoms in total. The summed E-state index contributed by atoms with van der Waals surface area (Å²) >= 11 is 11.9. The van der Waals surface area contributed by atoms with Crippen molar-refractivity contribution in [3.05, 3.63) is 28.2 Å². The molecule has 158 valence electrons. The quantitative estimate of drug-likeness (QED) is 0.607. The Morgan fingerprint density at radius 2 is 1.86 bits per heavy atom. The van der Waals surface area contributed by atoms with Crippen LogP contribution in [0.5, 0.6) is 0 Å². The van der Waals surface area contributed by atoms with Crippen LogP contribution in [0.3, 0.4) is 0 Å². The number of carbonyl (C=O) groups is 2. The molecule has 0 radical (unpaired) electrons. The van der Waals surface area contributed by atoms with Gasteiger partial charge in [0.1, 0.15) is 11.6 Å². The summed E-state index contributed by atoms with van der Waals surface area (Å²) in [4.78, 5) is 27.1. The van der Waals surface area contributed by atoms with Crippen LogP contribution in [0.4, 0.5) is 10.5 Å². The Morgan fingerprint density at radius 3 is 2.36 bits per heavy atom. The monoisotopic (exact) mass is 432 g/mol. The Labute approximate surface area is 177 Å². The number of aliphatic hydroxyl groups excluding tert-OH is 1. The molecule has 1 atom stereocenters. The van der Waals surface area contributed by atoms with Crippen molar-refractivity contribution in [2.45, 2.75) is 59.1 Å². The molecule has 1 rings (SSSR count). The number of anilines is 1. The van der Waals surface area contributed by atoms with E-state index < -0.39 is 17.7 Å². The summed E-state index contributed by atoms with van der Waals surface area (Å²) in [6.07, 6.45) is 0.196. The molecule has 0 bridgehead atoms. The zero-order valence-electron chi connectivity index (χ0n) is 17.1. The lowest BCUT2D eigenvalue weighted by atomic mass is 10.0. The second kappa shape index (κ2) is 10.9. The van der Waals surface area contributed by atoms with Gasteiger partial charge in [0.2, 0.25) is 5.91 Å². The number of nitrogens with one attached hydrogen (secondary N) is 1. The van der Waals surface area contributed by atoms with Crippen molar-refractivity contribution in [2.24, 2.45) is 5.92 Å². The van der Waals surface area contributed by atoms with Crippen molar-refractivity contribution >= 4 is 40.9 Å². The van der Waals surface area contributed by atoms with Crippen molar-refractivity contribution in [1.29, 1.82) is 0 Å². The first-order valence-electron chi connectivity index (χ1n) is 9.31. The van der Waals surface area contributed by atoms with Gasteiger partial charge in [0.25, 0.3) is 0 Å². The first kappa shape index (κ1) is 24.5. The number of benzene rings is 1. The van der Waals surface area contributed by atoms with Gasteiger partial charge in [0.05, 0.1) is 10.0 Å². The number of nitrogens with zero attached hydrogens (tertiary/aromatic N) is 1. The SMILES string of the molecule is CC(C)CC(C(=O)Nc1ccc(Cl)c(Cl)c1)N(CCCO)C(=O)OC(C)(C)C. The maximum absolute atomic E-state index is 13.0. The normalized spacial score (nSPS) is 12.6. The van der Waals surface area contributed by atoms with Crippen LogP contribution in [0.25, 0.3) is 0 Å². The zero-order valence-corrected chi connectivity index (χ0v) is 18.6. The molecular weight excluding hydrogens is 403 g/mol. The third-order valence-electron chi connectivity index (χ3n) is 3.75. The summed E-state index contributed by atoms with van der Waals surface area (Å²) in [5, 5.41) is 12.7. The molecule has 0 aliphatic heterocycles. The molecule has 8 heteroatoms. The molecule has 0 saturated heterocycles. The van der Waals surface area contributed by atoms with Gasteiger partial charge in [-0.05, 0) is 57.7 Å². The standard InChI is InChI=1S/C20H30Cl2N2O4/c1-13(2)11-17(18(26)23-14-7-8-15(21)16(22)12-14)24(9-6-10-25)19(27)28-20(3,4)5/h7-8,12-13,17,25H,6,9-11H2,1-5H3,(H,23,26). The fourth-order valence-corrected chi connectivity index (χ4v) is 2.86. The van der Waals surface area contributed by atoms with Crippen LogP contribution < -0.4 is 5.32 Å². The molecule has 0 saturated carbocycles. The lowest BCUT2D eigenvalue weighted by Gasteiger charge is -2.33. The Hall–Kier alpha value is -1.50. The number of ether oxygens (including phenoxy) is 1. The maximum atomic E-state index is 13.0. The third-order valence-corrected chi connectivity index (χ3v) is 4.48. The van der Waals surface area contributed by atoms with Crippen LogP contribution in [0, 0.1) is 5.92 Å². The molecule has 0 aliphatic rings. The number of aliphatic hydroxyl groups is 1. The summed E-state index contributed by atoms with van der Waals surface area (Å²) in [5.41, 5.74) is -0.212. The third kappa shape index (κ3) is 8.25. The van der Waals surface area contributed by atoms with Gasteiger partial charge in [-0.15, -0.1) is 0 Å². The van der Waals surface area contributed by atoms with Crippen molar-refractivity contribution in [3.8, 4) is 0 Å². The number of hydrogen-bond donors (Lipinski definition) is 2. The highest BCUT2D eigenvalue weighted by Crippen LogP contribution is 2.26. The average molecular weight is 433 g/mol. The molecule has 2 amide bonds. The highest BCUT2D eigenvalue weighted by molar-refractivity contribution is 6.42. The lowest BCUT2D eigenvalue weighted by molar-refractivity contribution is -0.122. The number of halogens is 2. The molecule has 0 aromatic heterocycles. The van der Waals surface area contributed by atoms with Crippen molar-refractivity contribution in [3.63, 3.8) is 0 Å². The van der Waals surface area contributed by atoms with Gasteiger partial charge in [0, 0.05) is 18.8 Å². The van der Waals surface area contributed by atoms with Gasteiger partial charge >= 0.3 is 6.09 Å². The molecular formula is C20H30Cl2N2O4. The van der Waals surface area contributed by atoms with Crippen LogP contribution >= 0.6 is 23.2 Å². The maximum Gasteiger partial charge on any atom is 0.410 e. The fourth-order valence-electron chi connectivity index (χ4n) is 2.56. The Morgan fingerprint density at radius 1 is 1.21 bits per heavy atom. The van der Waals surface area contributed by atoms with E-state index in [1.54, 1.807) is 39.0 Å². The summed E-state index contributed by atoms with van der Waals surface area (Å²) in [6, 6.07) is 4.04. The smallest absolute Gasteiger partial charge is 0.410 e. The van der Waals surface area contributed by atoms with Gasteiger partial charge in [-0.3, -0.25) is 9.69 Å². The summed E-state index contributed by atoms with van der Waals surface area (Å²) in [6.45, 7) is 9.35. The zero-order chi connectivity index (χ0) is 21.5. The fraction of sp³-hybridized carbons (Fsp3) is 0.600. The van der Waals surface area contributed by atoms with Crippen LogP contribution in [-0.2, 0) is 9.53 Å². The van der Waals surface area contributed by atoms with Crippen LogP contribution in [0.1, 0.15) is 47.5 Å². The average Bonchev–Trinajstić information content (AvgIpc) is 2.55. The second-order valence-corrected chi connectivity index (χ2v) is 8.83. The van der Waals surface area contributed by atoms with Gasteiger partial charge in [-0.25, -0.2) is 4.79 Å². The van der Waals surface area contributed by atoms with E-state index in [4.69, 9.17) is 27.9 Å². The molecule has 0 spiro atoms. The van der Waals surface area contributed by atoms with E-state index in [2.05, 4.69) is 5.32 Å². The van der Waals surface area contributed by atoms with E-state index in [0.717, 1.165) is 0 Å². The predicted molar refractivity (Wildman–Crippen MR) is 113 cm³/mol. The van der Waals surface area contributed by atoms with E-state index in [9.17, 15) is 14.7 Å². The number of rotatable bonds is 8. The minimum Gasteiger partial charge on any atom is -0.444 e. The van der Waals surface area contributed by atoms with E-state index in [-0.39, 0.29) is 25.0 Å². The van der Waals surface area contributed by atoms with Gasteiger partial charge in [-0.1, -0.05) is 37.0 Å². The second-order valence-electron chi connectivity index (χ2n) is 8.01. The summed E-state index contributed by atoms with van der Waals surface area (Å²) in [5.74, 6) is -0.195. The van der Waals surface area contributed by atoms with Crippen molar-refractivity contribution in [1.82, 2.24) is 4.90 Å². The lowest BCUT2D eigenvalue weighted by Crippen LogP contribution is -2.50. The minimum atomic E-state index is -0.754. The van der Waals surface area contributed by atoms with Crippen molar-refractivity contribution in [2.75, 3.05) is 18.5 Å². The minimum absolute atomic E-state index is 0.0951. The van der Waals surface area contributed by atoms with E-state index in [1.165, 1.54) is 4.90 Å². The topological polar surface area (TPSA) is 78.9 Å². The van der Waals surface area contributed by atoms with Crippen LogP contribution in [0.2, 0.25) is 10.0 Å². The molecule has 1 unspecified atom stereocenters. The van der Waals surface area contributed by atoms with Crippen LogP contribution in [-0.4, -0.2) is 46.8 Å². The first-order valence-corrected chi connectivity index (χ1v) is 10.1. The molecule has 1 aromatic rings. The number of amides is 2. The molecule has 0 heterocycles.